The number of phenolic OH excluding ortho intramolecular Hbond substituents is 1. The van der Waals surface area contributed by atoms with Crippen molar-refractivity contribution in [2.75, 3.05) is 5.73 Å². The van der Waals surface area contributed by atoms with Gasteiger partial charge in [0, 0.05) is 27.5 Å². The fraction of sp³-hybridized carbons (Fsp3) is 0. The highest BCUT2D eigenvalue weighted by Crippen LogP contribution is 2.25. The molecular weight excluding hydrogens is 392 g/mol. The van der Waals surface area contributed by atoms with E-state index in [1.807, 2.05) is 48.5 Å². The topological polar surface area (TPSA) is 87.3 Å². The Labute approximate surface area is 158 Å². The molecule has 5 nitrogen and oxygen atoms in total. The van der Waals surface area contributed by atoms with E-state index in [9.17, 15) is 5.11 Å². The quantitative estimate of drug-likeness (QED) is 0.329. The molecule has 0 atom stereocenters. The van der Waals surface area contributed by atoms with Crippen molar-refractivity contribution in [3.05, 3.63) is 70.7 Å². The number of nitrogens with zero attached hydrogens (tertiary/aromatic N) is 2. The number of hydrogen-bond acceptors (Lipinski definition) is 4. The summed E-state index contributed by atoms with van der Waals surface area (Å²) in [6, 6.07) is 18.5. The first kappa shape index (κ1) is 16.4. The number of anilines is 1. The molecule has 0 saturated carbocycles. The van der Waals surface area contributed by atoms with Crippen molar-refractivity contribution in [1.29, 1.82) is 0 Å². The monoisotopic (exact) mass is 406 g/mol. The smallest absolute Gasteiger partial charge is 0.138 e. The van der Waals surface area contributed by atoms with Crippen LogP contribution in [0.1, 0.15) is 5.56 Å². The molecule has 1 aromatic heterocycles. The number of fused-ring (bicyclic) bond motifs is 1. The van der Waals surface area contributed by atoms with E-state index in [1.165, 1.54) is 0 Å². The molecule has 0 bridgehead atoms. The van der Waals surface area contributed by atoms with Crippen LogP contribution >= 0.6 is 15.9 Å². The zero-order valence-corrected chi connectivity index (χ0v) is 15.2. The van der Waals surface area contributed by atoms with Crippen LogP contribution in [0, 0.1) is 0 Å². The maximum absolute atomic E-state index is 9.86. The zero-order chi connectivity index (χ0) is 18.1. The van der Waals surface area contributed by atoms with E-state index in [-0.39, 0.29) is 5.75 Å². The molecule has 4 N–H and O–H groups in total. The number of benzene rings is 3. The number of nitrogen functional groups attached to an aromatic ring is 1. The van der Waals surface area contributed by atoms with Gasteiger partial charge in [-0.05, 0) is 60.7 Å². The predicted octanol–water partition coefficient (Wildman–Crippen LogP) is 5.03. The second kappa shape index (κ2) is 6.65. The van der Waals surface area contributed by atoms with Crippen molar-refractivity contribution in [3.8, 4) is 17.1 Å². The minimum atomic E-state index is 0.190. The van der Waals surface area contributed by atoms with Gasteiger partial charge in [-0.15, -0.1) is 0 Å². The van der Waals surface area contributed by atoms with Crippen LogP contribution < -0.4 is 5.73 Å². The first-order valence-corrected chi connectivity index (χ1v) is 8.76. The van der Waals surface area contributed by atoms with Gasteiger partial charge in [-0.1, -0.05) is 15.9 Å². The van der Waals surface area contributed by atoms with E-state index in [4.69, 9.17) is 5.73 Å². The van der Waals surface area contributed by atoms with Gasteiger partial charge in [0.1, 0.15) is 11.6 Å². The number of phenols is 1. The fourth-order valence-corrected chi connectivity index (χ4v) is 3.02. The maximum atomic E-state index is 9.86. The lowest BCUT2D eigenvalue weighted by atomic mass is 10.2. The van der Waals surface area contributed by atoms with Gasteiger partial charge in [0.25, 0.3) is 0 Å². The second-order valence-corrected chi connectivity index (χ2v) is 6.79. The van der Waals surface area contributed by atoms with E-state index < -0.39 is 0 Å². The molecule has 0 aliphatic carbocycles. The number of aromatic hydroxyl groups is 1. The Morgan fingerprint density at radius 2 is 1.85 bits per heavy atom. The number of hydrogen-bond donors (Lipinski definition) is 3. The van der Waals surface area contributed by atoms with Gasteiger partial charge < -0.3 is 15.8 Å². The first-order valence-electron chi connectivity index (χ1n) is 7.97. The van der Waals surface area contributed by atoms with Gasteiger partial charge >= 0.3 is 0 Å². The van der Waals surface area contributed by atoms with Crippen molar-refractivity contribution in [2.45, 2.75) is 0 Å². The summed E-state index contributed by atoms with van der Waals surface area (Å²) < 4.78 is 0.887. The number of imidazole rings is 1. The number of rotatable bonds is 3. The molecule has 26 heavy (non-hydrogen) atoms. The summed E-state index contributed by atoms with van der Waals surface area (Å²) >= 11 is 3.39. The highest BCUT2D eigenvalue weighted by atomic mass is 79.9. The Kier molecular flexibility index (Phi) is 4.18. The van der Waals surface area contributed by atoms with E-state index >= 15 is 0 Å². The Morgan fingerprint density at radius 1 is 1.04 bits per heavy atom. The van der Waals surface area contributed by atoms with Crippen molar-refractivity contribution in [3.63, 3.8) is 0 Å². The van der Waals surface area contributed by atoms with Crippen LogP contribution in [0.15, 0.2) is 70.1 Å². The van der Waals surface area contributed by atoms with Gasteiger partial charge in [-0.2, -0.15) is 0 Å². The van der Waals surface area contributed by atoms with Crippen LogP contribution in [0.4, 0.5) is 11.4 Å². The normalized spacial score (nSPS) is 11.4. The molecule has 0 radical (unpaired) electrons. The number of aliphatic imine (C=N–C) groups is 1. The number of nitrogens with two attached hydrogens (primary N) is 1. The standard InChI is InChI=1S/C20H15BrN4O/c21-14-3-8-19(26)13(9-14)11-23-16-5-1-12(2-6-16)20-24-17-7-4-15(22)10-18(17)25-20/h1-11,26H,22H2,(H,24,25). The van der Waals surface area contributed by atoms with Crippen LogP contribution in [0.5, 0.6) is 5.75 Å². The summed E-state index contributed by atoms with van der Waals surface area (Å²) in [7, 11) is 0. The molecule has 0 amide bonds. The lowest BCUT2D eigenvalue weighted by Gasteiger charge is -2.00. The van der Waals surface area contributed by atoms with Crippen molar-refractivity contribution >= 4 is 44.6 Å². The van der Waals surface area contributed by atoms with Crippen LogP contribution in [-0.2, 0) is 0 Å². The molecule has 4 aromatic rings. The third-order valence-electron chi connectivity index (χ3n) is 3.99. The van der Waals surface area contributed by atoms with Crippen molar-refractivity contribution in [2.24, 2.45) is 4.99 Å². The summed E-state index contributed by atoms with van der Waals surface area (Å²) in [5, 5.41) is 9.86. The average Bonchev–Trinajstić information content (AvgIpc) is 3.06. The van der Waals surface area contributed by atoms with Crippen molar-refractivity contribution in [1.82, 2.24) is 9.97 Å². The Morgan fingerprint density at radius 3 is 2.65 bits per heavy atom. The van der Waals surface area contributed by atoms with Crippen LogP contribution in [0.3, 0.4) is 0 Å². The van der Waals surface area contributed by atoms with Gasteiger partial charge in [-0.25, -0.2) is 4.98 Å². The lowest BCUT2D eigenvalue weighted by molar-refractivity contribution is 0.474. The molecule has 4 rings (SSSR count). The molecule has 128 valence electrons. The number of aromatic nitrogens is 2. The van der Waals surface area contributed by atoms with Gasteiger partial charge in [0.05, 0.1) is 16.7 Å². The van der Waals surface area contributed by atoms with Crippen LogP contribution in [0.2, 0.25) is 0 Å². The highest BCUT2D eigenvalue weighted by Gasteiger charge is 2.05. The second-order valence-electron chi connectivity index (χ2n) is 5.87. The van der Waals surface area contributed by atoms with E-state index in [0.29, 0.717) is 11.3 Å². The van der Waals surface area contributed by atoms with Crippen LogP contribution in [0.25, 0.3) is 22.4 Å². The molecule has 6 heteroatoms. The summed E-state index contributed by atoms with van der Waals surface area (Å²) in [5.74, 6) is 0.973. The molecule has 0 spiro atoms. The van der Waals surface area contributed by atoms with Gasteiger partial charge in [0.2, 0.25) is 0 Å². The third kappa shape index (κ3) is 3.32. The summed E-state index contributed by atoms with van der Waals surface area (Å²) in [6.07, 6.45) is 1.64. The van der Waals surface area contributed by atoms with E-state index in [0.717, 1.165) is 32.6 Å². The average molecular weight is 407 g/mol. The minimum Gasteiger partial charge on any atom is -0.507 e. The van der Waals surface area contributed by atoms with Gasteiger partial charge in [0.15, 0.2) is 0 Å². The largest absolute Gasteiger partial charge is 0.507 e. The molecule has 0 aliphatic rings. The molecule has 0 unspecified atom stereocenters. The van der Waals surface area contributed by atoms with Gasteiger partial charge in [-0.3, -0.25) is 4.99 Å². The summed E-state index contributed by atoms with van der Waals surface area (Å²) in [4.78, 5) is 12.3. The molecule has 0 aliphatic heterocycles. The summed E-state index contributed by atoms with van der Waals surface area (Å²) in [5.41, 5.74) is 10.7. The number of aromatic amines is 1. The Bertz CT molecular complexity index is 1120. The molecule has 0 saturated heterocycles. The SMILES string of the molecule is Nc1ccc2nc(-c3ccc(N=Cc4cc(Br)ccc4O)cc3)[nH]c2c1. The Hall–Kier alpha value is -3.12. The number of H-pyrrole nitrogens is 1. The molecule has 0 fully saturated rings. The highest BCUT2D eigenvalue weighted by molar-refractivity contribution is 9.10. The predicted molar refractivity (Wildman–Crippen MR) is 109 cm³/mol. The van der Waals surface area contributed by atoms with E-state index in [1.54, 1.807) is 18.3 Å². The maximum Gasteiger partial charge on any atom is 0.138 e. The third-order valence-corrected chi connectivity index (χ3v) is 4.48. The lowest BCUT2D eigenvalue weighted by Crippen LogP contribution is -1.83. The zero-order valence-electron chi connectivity index (χ0n) is 13.6. The van der Waals surface area contributed by atoms with Crippen molar-refractivity contribution < 1.29 is 5.11 Å². The number of halogens is 1. The Balaban J connectivity index is 1.59. The fourth-order valence-electron chi connectivity index (χ4n) is 2.64. The first-order chi connectivity index (χ1) is 12.6. The van der Waals surface area contributed by atoms with Crippen LogP contribution in [-0.4, -0.2) is 21.3 Å². The van der Waals surface area contributed by atoms with E-state index in [2.05, 4.69) is 30.9 Å². The number of nitrogens with one attached hydrogen (secondary N) is 1. The molecule has 3 aromatic carbocycles. The molecule has 1 heterocycles. The molecular formula is C20H15BrN4O. The summed E-state index contributed by atoms with van der Waals surface area (Å²) in [6.45, 7) is 0. The minimum absolute atomic E-state index is 0.190.